The topological polar surface area (TPSA) is 45.2 Å². The Bertz CT molecular complexity index is 778. The van der Waals surface area contributed by atoms with Gasteiger partial charge in [0.05, 0.1) is 5.56 Å². The third-order valence-corrected chi connectivity index (χ3v) is 4.80. The Kier molecular flexibility index (Phi) is 4.20. The molecule has 5 nitrogen and oxygen atoms in total. The first kappa shape index (κ1) is 17.1. The monoisotopic (exact) mass is 363 g/mol. The van der Waals surface area contributed by atoms with Gasteiger partial charge < -0.3 is 9.80 Å². The van der Waals surface area contributed by atoms with Crippen LogP contribution in [0.1, 0.15) is 35.8 Å². The molecule has 138 valence electrons. The van der Waals surface area contributed by atoms with Crippen LogP contribution in [0.3, 0.4) is 0 Å². The number of piperazine rings is 1. The molecule has 0 atom stereocenters. The maximum absolute atomic E-state index is 12.7. The number of aryl methyl sites for hydroxylation is 1. The van der Waals surface area contributed by atoms with Crippen LogP contribution < -0.4 is 9.80 Å². The van der Waals surface area contributed by atoms with Gasteiger partial charge in [0.25, 0.3) is 0 Å². The second kappa shape index (κ2) is 6.41. The summed E-state index contributed by atoms with van der Waals surface area (Å²) in [5.74, 6) is 2.97. The smallest absolute Gasteiger partial charge is 0.353 e. The molecule has 0 amide bonds. The molecule has 26 heavy (non-hydrogen) atoms. The summed E-state index contributed by atoms with van der Waals surface area (Å²) in [5, 5.41) is 0. The number of pyridine rings is 1. The molecule has 0 radical (unpaired) electrons. The van der Waals surface area contributed by atoms with Crippen LogP contribution in [0.4, 0.5) is 24.8 Å². The molecule has 3 heterocycles. The van der Waals surface area contributed by atoms with E-state index in [2.05, 4.69) is 14.9 Å². The molecule has 2 fully saturated rings. The molecule has 0 unspecified atom stereocenters. The maximum atomic E-state index is 12.7. The highest BCUT2D eigenvalue weighted by atomic mass is 19.4. The summed E-state index contributed by atoms with van der Waals surface area (Å²) in [6, 6.07) is 4.53. The second-order valence-corrected chi connectivity index (χ2v) is 6.88. The standard InChI is InChI=1S/C18H20F3N5/c1-12-10-16(24-17(23-12)13-2-3-13)26-8-6-25(7-9-26)15-5-4-14(11-22-15)18(19,20)21/h4-5,10-11,13H,2-3,6-9H2,1H3. The Morgan fingerprint density at radius 1 is 0.962 bits per heavy atom. The third-order valence-electron chi connectivity index (χ3n) is 4.80. The van der Waals surface area contributed by atoms with Crippen LogP contribution in [-0.4, -0.2) is 41.1 Å². The molecule has 0 aromatic carbocycles. The number of hydrogen-bond donors (Lipinski definition) is 0. The highest BCUT2D eigenvalue weighted by molar-refractivity contribution is 5.46. The Hall–Kier alpha value is -2.38. The van der Waals surface area contributed by atoms with Crippen molar-refractivity contribution >= 4 is 11.6 Å². The van der Waals surface area contributed by atoms with Crippen molar-refractivity contribution in [1.29, 1.82) is 0 Å². The predicted molar refractivity (Wildman–Crippen MR) is 92.4 cm³/mol. The number of nitrogens with zero attached hydrogens (tertiary/aromatic N) is 5. The molecule has 1 saturated carbocycles. The summed E-state index contributed by atoms with van der Waals surface area (Å²) in [6.07, 6.45) is -1.13. The number of aromatic nitrogens is 3. The first-order chi connectivity index (χ1) is 12.4. The Morgan fingerprint density at radius 3 is 2.15 bits per heavy atom. The molecular formula is C18H20F3N5. The highest BCUT2D eigenvalue weighted by Crippen LogP contribution is 2.38. The Labute approximate surface area is 149 Å². The fourth-order valence-electron chi connectivity index (χ4n) is 3.17. The molecule has 1 saturated heterocycles. The molecule has 1 aliphatic carbocycles. The van der Waals surface area contributed by atoms with Crippen molar-refractivity contribution in [2.75, 3.05) is 36.0 Å². The van der Waals surface area contributed by atoms with E-state index in [-0.39, 0.29) is 0 Å². The maximum Gasteiger partial charge on any atom is 0.417 e. The van der Waals surface area contributed by atoms with Crippen LogP contribution >= 0.6 is 0 Å². The van der Waals surface area contributed by atoms with E-state index in [1.165, 1.54) is 6.07 Å². The number of alkyl halides is 3. The van der Waals surface area contributed by atoms with Crippen LogP contribution in [0, 0.1) is 6.92 Å². The average molecular weight is 363 g/mol. The normalized spacial score (nSPS) is 18.3. The molecule has 0 bridgehead atoms. The zero-order chi connectivity index (χ0) is 18.3. The zero-order valence-electron chi connectivity index (χ0n) is 14.5. The fraction of sp³-hybridized carbons (Fsp3) is 0.500. The number of hydrogen-bond acceptors (Lipinski definition) is 5. The van der Waals surface area contributed by atoms with Crippen molar-refractivity contribution in [3.8, 4) is 0 Å². The molecule has 2 aliphatic rings. The summed E-state index contributed by atoms with van der Waals surface area (Å²) in [7, 11) is 0. The van der Waals surface area contributed by atoms with Crippen LogP contribution in [0.15, 0.2) is 24.4 Å². The zero-order valence-corrected chi connectivity index (χ0v) is 14.5. The number of halogens is 3. The van der Waals surface area contributed by atoms with Gasteiger partial charge in [0.2, 0.25) is 0 Å². The van der Waals surface area contributed by atoms with Gasteiger partial charge in [-0.05, 0) is 31.9 Å². The first-order valence-electron chi connectivity index (χ1n) is 8.79. The van der Waals surface area contributed by atoms with Gasteiger partial charge in [0, 0.05) is 50.1 Å². The molecule has 8 heteroatoms. The van der Waals surface area contributed by atoms with Gasteiger partial charge in [-0.2, -0.15) is 13.2 Å². The lowest BCUT2D eigenvalue weighted by Gasteiger charge is -2.36. The lowest BCUT2D eigenvalue weighted by molar-refractivity contribution is -0.137. The van der Waals surface area contributed by atoms with Gasteiger partial charge >= 0.3 is 6.18 Å². The second-order valence-electron chi connectivity index (χ2n) is 6.88. The molecule has 2 aromatic rings. The predicted octanol–water partition coefficient (Wildman–Crippen LogP) is 3.40. The van der Waals surface area contributed by atoms with Crippen molar-refractivity contribution in [2.45, 2.75) is 31.9 Å². The Balaban J connectivity index is 1.43. The van der Waals surface area contributed by atoms with E-state index in [0.29, 0.717) is 24.8 Å². The van der Waals surface area contributed by atoms with Gasteiger partial charge in [-0.1, -0.05) is 0 Å². The van der Waals surface area contributed by atoms with Crippen molar-refractivity contribution in [3.05, 3.63) is 41.5 Å². The minimum Gasteiger partial charge on any atom is -0.353 e. The van der Waals surface area contributed by atoms with E-state index < -0.39 is 11.7 Å². The van der Waals surface area contributed by atoms with Gasteiger partial charge in [-0.25, -0.2) is 15.0 Å². The highest BCUT2D eigenvalue weighted by Gasteiger charge is 2.31. The number of anilines is 2. The van der Waals surface area contributed by atoms with E-state index in [9.17, 15) is 13.2 Å². The Morgan fingerprint density at radius 2 is 1.62 bits per heavy atom. The largest absolute Gasteiger partial charge is 0.417 e. The minimum absolute atomic E-state index is 0.506. The summed E-state index contributed by atoms with van der Waals surface area (Å²) in [5.41, 5.74) is 0.257. The average Bonchev–Trinajstić information content (AvgIpc) is 3.46. The molecule has 0 N–H and O–H groups in total. The van der Waals surface area contributed by atoms with Crippen molar-refractivity contribution in [1.82, 2.24) is 15.0 Å². The van der Waals surface area contributed by atoms with E-state index in [0.717, 1.165) is 55.5 Å². The van der Waals surface area contributed by atoms with Gasteiger partial charge in [0.1, 0.15) is 17.5 Å². The molecular weight excluding hydrogens is 343 g/mol. The lowest BCUT2D eigenvalue weighted by Crippen LogP contribution is -2.47. The van der Waals surface area contributed by atoms with E-state index >= 15 is 0 Å². The van der Waals surface area contributed by atoms with Crippen LogP contribution in [0.5, 0.6) is 0 Å². The first-order valence-corrected chi connectivity index (χ1v) is 8.79. The fourth-order valence-corrected chi connectivity index (χ4v) is 3.17. The van der Waals surface area contributed by atoms with E-state index in [1.807, 2.05) is 17.9 Å². The molecule has 2 aromatic heterocycles. The van der Waals surface area contributed by atoms with Crippen molar-refractivity contribution in [3.63, 3.8) is 0 Å². The van der Waals surface area contributed by atoms with Crippen LogP contribution in [-0.2, 0) is 6.18 Å². The summed E-state index contributed by atoms with van der Waals surface area (Å²) in [4.78, 5) is 17.4. The molecule has 0 spiro atoms. The minimum atomic E-state index is -4.35. The number of rotatable bonds is 3. The van der Waals surface area contributed by atoms with Gasteiger partial charge in [-0.15, -0.1) is 0 Å². The van der Waals surface area contributed by atoms with Crippen molar-refractivity contribution < 1.29 is 13.2 Å². The van der Waals surface area contributed by atoms with Gasteiger partial charge in [0.15, 0.2) is 0 Å². The lowest BCUT2D eigenvalue weighted by atomic mass is 10.2. The van der Waals surface area contributed by atoms with Crippen LogP contribution in [0.2, 0.25) is 0 Å². The molecule has 1 aliphatic heterocycles. The summed E-state index contributed by atoms with van der Waals surface area (Å²) in [6.45, 7) is 4.88. The van der Waals surface area contributed by atoms with Gasteiger partial charge in [-0.3, -0.25) is 0 Å². The quantitative estimate of drug-likeness (QED) is 0.836. The summed E-state index contributed by atoms with van der Waals surface area (Å²) >= 11 is 0. The SMILES string of the molecule is Cc1cc(N2CCN(c3ccc(C(F)(F)F)cn3)CC2)nc(C2CC2)n1. The van der Waals surface area contributed by atoms with Crippen molar-refractivity contribution in [2.24, 2.45) is 0 Å². The van der Waals surface area contributed by atoms with E-state index in [4.69, 9.17) is 4.98 Å². The summed E-state index contributed by atoms with van der Waals surface area (Å²) < 4.78 is 38.0. The third kappa shape index (κ3) is 3.59. The van der Waals surface area contributed by atoms with Crippen LogP contribution in [0.25, 0.3) is 0 Å². The van der Waals surface area contributed by atoms with E-state index in [1.54, 1.807) is 0 Å². The molecule has 4 rings (SSSR count).